The number of ether oxygens (including phenoxy) is 1. The van der Waals surface area contributed by atoms with Crippen molar-refractivity contribution in [1.29, 1.82) is 0 Å². The zero-order valence-corrected chi connectivity index (χ0v) is 12.2. The van der Waals surface area contributed by atoms with E-state index in [-0.39, 0.29) is 5.91 Å². The summed E-state index contributed by atoms with van der Waals surface area (Å²) in [5.74, 6) is 0.772. The Morgan fingerprint density at radius 1 is 1.32 bits per heavy atom. The van der Waals surface area contributed by atoms with E-state index in [1.807, 2.05) is 57.2 Å². The molecule has 0 N–H and O–H groups in total. The second-order valence-corrected chi connectivity index (χ2v) is 4.31. The number of benzene rings is 1. The molecule has 1 aromatic carbocycles. The highest BCUT2D eigenvalue weighted by atomic mass is 16.5. The highest BCUT2D eigenvalue weighted by Gasteiger charge is 2.20. The Morgan fingerprint density at radius 3 is 2.53 bits per heavy atom. The van der Waals surface area contributed by atoms with Gasteiger partial charge in [-0.05, 0) is 33.8 Å². The fourth-order valence-electron chi connectivity index (χ4n) is 1.94. The number of para-hydroxylation sites is 1. The van der Waals surface area contributed by atoms with Crippen LogP contribution in [-0.2, 0) is 4.79 Å². The Bertz CT molecular complexity index is 436. The zero-order chi connectivity index (χ0) is 14.3. The first-order valence-electron chi connectivity index (χ1n) is 6.81. The fourth-order valence-corrected chi connectivity index (χ4v) is 1.94. The molecule has 0 spiro atoms. The Kier molecular flexibility index (Phi) is 6.13. The van der Waals surface area contributed by atoms with Crippen LogP contribution in [-0.4, -0.2) is 30.0 Å². The van der Waals surface area contributed by atoms with Crippen LogP contribution < -0.4 is 4.74 Å². The van der Waals surface area contributed by atoms with E-state index in [0.29, 0.717) is 13.1 Å². The van der Waals surface area contributed by atoms with Gasteiger partial charge in [-0.15, -0.1) is 0 Å². The molecular formula is C16H23NO2. The minimum Gasteiger partial charge on any atom is -0.480 e. The van der Waals surface area contributed by atoms with Gasteiger partial charge < -0.3 is 9.64 Å². The number of carbonyl (C=O) groups is 1. The molecule has 0 saturated heterocycles. The van der Waals surface area contributed by atoms with Crippen LogP contribution in [0, 0.1) is 0 Å². The molecule has 0 fully saturated rings. The van der Waals surface area contributed by atoms with E-state index in [0.717, 1.165) is 11.3 Å². The first kappa shape index (κ1) is 15.3. The molecule has 0 radical (unpaired) electrons. The standard InChI is InChI=1S/C16H23NO2/c1-5-10-14-11-8-9-12-15(14)19-13(4)16(18)17(6-2)7-3/h5,8-13H,6-7H2,1-4H3/b10-5+. The van der Waals surface area contributed by atoms with Crippen LogP contribution in [0.25, 0.3) is 6.08 Å². The van der Waals surface area contributed by atoms with Crippen LogP contribution >= 0.6 is 0 Å². The summed E-state index contributed by atoms with van der Waals surface area (Å²) < 4.78 is 5.80. The molecule has 1 rings (SSSR count). The number of allylic oxidation sites excluding steroid dienone is 1. The molecule has 1 amide bonds. The SMILES string of the molecule is C/C=C/c1ccccc1OC(C)C(=O)N(CC)CC. The number of hydrogen-bond acceptors (Lipinski definition) is 2. The van der Waals surface area contributed by atoms with Gasteiger partial charge in [0.1, 0.15) is 5.75 Å². The van der Waals surface area contributed by atoms with Crippen molar-refractivity contribution in [3.63, 3.8) is 0 Å². The molecule has 0 saturated carbocycles. The minimum absolute atomic E-state index is 0.0280. The molecule has 1 aromatic rings. The monoisotopic (exact) mass is 261 g/mol. The average Bonchev–Trinajstić information content (AvgIpc) is 2.42. The predicted molar refractivity (Wildman–Crippen MR) is 79.2 cm³/mol. The van der Waals surface area contributed by atoms with Crippen molar-refractivity contribution in [1.82, 2.24) is 4.90 Å². The van der Waals surface area contributed by atoms with Gasteiger partial charge in [-0.2, -0.15) is 0 Å². The van der Waals surface area contributed by atoms with Crippen LogP contribution in [0.3, 0.4) is 0 Å². The molecule has 1 atom stereocenters. The van der Waals surface area contributed by atoms with Crippen LogP contribution in [0.5, 0.6) is 5.75 Å². The van der Waals surface area contributed by atoms with Crippen molar-refractivity contribution in [2.75, 3.05) is 13.1 Å². The first-order valence-corrected chi connectivity index (χ1v) is 6.81. The van der Waals surface area contributed by atoms with Gasteiger partial charge in [0.25, 0.3) is 5.91 Å². The normalized spacial score (nSPS) is 12.4. The van der Waals surface area contributed by atoms with Crippen LogP contribution in [0.1, 0.15) is 33.3 Å². The minimum atomic E-state index is -0.466. The third-order valence-corrected chi connectivity index (χ3v) is 2.99. The van der Waals surface area contributed by atoms with Crippen LogP contribution in [0.4, 0.5) is 0 Å². The lowest BCUT2D eigenvalue weighted by molar-refractivity contribution is -0.137. The summed E-state index contributed by atoms with van der Waals surface area (Å²) in [5.41, 5.74) is 0.990. The second-order valence-electron chi connectivity index (χ2n) is 4.31. The quantitative estimate of drug-likeness (QED) is 0.786. The Balaban J connectivity index is 2.82. The lowest BCUT2D eigenvalue weighted by atomic mass is 10.2. The molecule has 0 aliphatic heterocycles. The van der Waals surface area contributed by atoms with Gasteiger partial charge in [0.15, 0.2) is 6.10 Å². The number of amides is 1. The Morgan fingerprint density at radius 2 is 1.95 bits per heavy atom. The third kappa shape index (κ3) is 4.12. The first-order chi connectivity index (χ1) is 9.13. The lowest BCUT2D eigenvalue weighted by Gasteiger charge is -2.23. The van der Waals surface area contributed by atoms with Crippen molar-refractivity contribution in [3.8, 4) is 5.75 Å². The van der Waals surface area contributed by atoms with Crippen LogP contribution in [0.2, 0.25) is 0 Å². The van der Waals surface area contributed by atoms with Gasteiger partial charge in [0.05, 0.1) is 0 Å². The van der Waals surface area contributed by atoms with E-state index >= 15 is 0 Å². The molecule has 19 heavy (non-hydrogen) atoms. The highest BCUT2D eigenvalue weighted by Crippen LogP contribution is 2.21. The van der Waals surface area contributed by atoms with Crippen molar-refractivity contribution in [3.05, 3.63) is 35.9 Å². The van der Waals surface area contributed by atoms with E-state index in [9.17, 15) is 4.79 Å². The van der Waals surface area contributed by atoms with Gasteiger partial charge in [0.2, 0.25) is 0 Å². The molecular weight excluding hydrogens is 238 g/mol. The number of hydrogen-bond donors (Lipinski definition) is 0. The number of rotatable bonds is 6. The summed E-state index contributed by atoms with van der Waals surface area (Å²) in [6.45, 7) is 9.12. The summed E-state index contributed by atoms with van der Waals surface area (Å²) in [7, 11) is 0. The Labute approximate surface area is 115 Å². The van der Waals surface area contributed by atoms with E-state index in [1.165, 1.54) is 0 Å². The third-order valence-electron chi connectivity index (χ3n) is 2.99. The number of carbonyl (C=O) groups excluding carboxylic acids is 1. The van der Waals surface area contributed by atoms with Gasteiger partial charge in [0, 0.05) is 18.7 Å². The summed E-state index contributed by atoms with van der Waals surface area (Å²) in [4.78, 5) is 13.9. The van der Waals surface area contributed by atoms with Gasteiger partial charge in [-0.25, -0.2) is 0 Å². The van der Waals surface area contributed by atoms with Crippen molar-refractivity contribution in [2.24, 2.45) is 0 Å². The van der Waals surface area contributed by atoms with Crippen molar-refractivity contribution in [2.45, 2.75) is 33.8 Å². The summed E-state index contributed by atoms with van der Waals surface area (Å²) in [6, 6.07) is 7.74. The van der Waals surface area contributed by atoms with Gasteiger partial charge >= 0.3 is 0 Å². The molecule has 0 aliphatic carbocycles. The molecule has 104 valence electrons. The van der Waals surface area contributed by atoms with Gasteiger partial charge in [-0.3, -0.25) is 4.79 Å². The highest BCUT2D eigenvalue weighted by molar-refractivity contribution is 5.81. The topological polar surface area (TPSA) is 29.5 Å². The van der Waals surface area contributed by atoms with E-state index < -0.39 is 6.10 Å². The second kappa shape index (κ2) is 7.62. The summed E-state index contributed by atoms with van der Waals surface area (Å²) in [6.07, 6.45) is 3.47. The molecule has 0 aliphatic rings. The van der Waals surface area contributed by atoms with Crippen LogP contribution in [0.15, 0.2) is 30.3 Å². The Hall–Kier alpha value is -1.77. The molecule has 0 aromatic heterocycles. The molecule has 1 unspecified atom stereocenters. The molecule has 0 bridgehead atoms. The summed E-state index contributed by atoms with van der Waals surface area (Å²) in [5, 5.41) is 0. The maximum absolute atomic E-state index is 12.2. The smallest absolute Gasteiger partial charge is 0.263 e. The molecule has 0 heterocycles. The van der Waals surface area contributed by atoms with E-state index in [2.05, 4.69) is 0 Å². The zero-order valence-electron chi connectivity index (χ0n) is 12.2. The largest absolute Gasteiger partial charge is 0.480 e. The average molecular weight is 261 g/mol. The van der Waals surface area contributed by atoms with Gasteiger partial charge in [-0.1, -0.05) is 30.4 Å². The maximum atomic E-state index is 12.2. The molecule has 3 nitrogen and oxygen atoms in total. The number of nitrogens with zero attached hydrogens (tertiary/aromatic N) is 1. The maximum Gasteiger partial charge on any atom is 0.263 e. The van der Waals surface area contributed by atoms with E-state index in [1.54, 1.807) is 11.8 Å². The summed E-state index contributed by atoms with van der Waals surface area (Å²) >= 11 is 0. The lowest BCUT2D eigenvalue weighted by Crippen LogP contribution is -2.40. The van der Waals surface area contributed by atoms with Crippen molar-refractivity contribution >= 4 is 12.0 Å². The fraction of sp³-hybridized carbons (Fsp3) is 0.438. The molecule has 3 heteroatoms. The number of likely N-dealkylation sites (N-methyl/N-ethyl adjacent to an activating group) is 1. The van der Waals surface area contributed by atoms with Crippen molar-refractivity contribution < 1.29 is 9.53 Å². The van der Waals surface area contributed by atoms with E-state index in [4.69, 9.17) is 4.74 Å². The predicted octanol–water partition coefficient (Wildman–Crippen LogP) is 3.36.